The van der Waals surface area contributed by atoms with Crippen LogP contribution < -0.4 is 10.2 Å². The summed E-state index contributed by atoms with van der Waals surface area (Å²) < 4.78 is 72.2. The number of hydrazone groups is 1. The van der Waals surface area contributed by atoms with E-state index >= 15 is 0 Å². The molecule has 182 valence electrons. The third-order valence-corrected chi connectivity index (χ3v) is 5.56. The second-order valence-electron chi connectivity index (χ2n) is 7.93. The lowest BCUT2D eigenvalue weighted by Gasteiger charge is -2.38. The van der Waals surface area contributed by atoms with E-state index in [-0.39, 0.29) is 30.2 Å². The number of nitrogens with one attached hydrogen (secondary N) is 1. The van der Waals surface area contributed by atoms with Gasteiger partial charge >= 0.3 is 0 Å². The largest absolute Gasteiger partial charge is 0.484 e. The molecule has 6 nitrogen and oxygen atoms in total. The van der Waals surface area contributed by atoms with Crippen LogP contribution in [0.5, 0.6) is 5.75 Å². The molecular formula is C23H22F5N3O3. The van der Waals surface area contributed by atoms with E-state index in [4.69, 9.17) is 4.74 Å². The van der Waals surface area contributed by atoms with Gasteiger partial charge in [0.05, 0.1) is 11.8 Å². The number of hydrogen-bond acceptors (Lipinski definition) is 4. The Morgan fingerprint density at radius 3 is 2.06 bits per heavy atom. The van der Waals surface area contributed by atoms with Crippen LogP contribution in [0.3, 0.4) is 0 Å². The molecule has 2 aromatic rings. The van der Waals surface area contributed by atoms with E-state index < -0.39 is 40.6 Å². The second kappa shape index (κ2) is 10.6. The number of rotatable bonds is 6. The molecule has 3 rings (SSSR count). The number of carbonyl (C=O) groups excluding carboxylic acids is 2. The summed E-state index contributed by atoms with van der Waals surface area (Å²) >= 11 is 0. The van der Waals surface area contributed by atoms with Crippen LogP contribution in [0.1, 0.15) is 49.0 Å². The van der Waals surface area contributed by atoms with Gasteiger partial charge in [0.1, 0.15) is 5.75 Å². The molecule has 1 saturated heterocycles. The van der Waals surface area contributed by atoms with Gasteiger partial charge in [-0.25, -0.2) is 27.4 Å². The molecule has 0 aliphatic carbocycles. The van der Waals surface area contributed by atoms with Crippen molar-refractivity contribution in [1.82, 2.24) is 10.3 Å². The highest BCUT2D eigenvalue weighted by Crippen LogP contribution is 2.23. The van der Waals surface area contributed by atoms with Crippen molar-refractivity contribution in [3.63, 3.8) is 0 Å². The summed E-state index contributed by atoms with van der Waals surface area (Å²) in [6.45, 7) is 3.83. The fourth-order valence-corrected chi connectivity index (χ4v) is 3.79. The van der Waals surface area contributed by atoms with Crippen molar-refractivity contribution in [2.45, 2.75) is 45.2 Å². The first kappa shape index (κ1) is 25.1. The highest BCUT2D eigenvalue weighted by atomic mass is 19.2. The lowest BCUT2D eigenvalue weighted by atomic mass is 9.97. The lowest BCUT2D eigenvalue weighted by Crippen LogP contribution is -2.49. The lowest BCUT2D eigenvalue weighted by molar-refractivity contribution is -0.139. The average molecular weight is 483 g/mol. The Hall–Kier alpha value is -3.50. The summed E-state index contributed by atoms with van der Waals surface area (Å²) in [5.74, 6) is -11.3. The number of amides is 2. The first-order valence-electron chi connectivity index (χ1n) is 10.5. The molecule has 1 N–H and O–H groups in total. The van der Waals surface area contributed by atoms with E-state index in [1.165, 1.54) is 24.3 Å². The summed E-state index contributed by atoms with van der Waals surface area (Å²) in [7, 11) is 0. The molecule has 2 unspecified atom stereocenters. The Kier molecular flexibility index (Phi) is 7.85. The van der Waals surface area contributed by atoms with Crippen LogP contribution >= 0.6 is 0 Å². The molecule has 0 spiro atoms. The number of carbonyl (C=O) groups is 2. The first-order valence-corrected chi connectivity index (χ1v) is 10.5. The normalized spacial score (nSPS) is 18.3. The maximum Gasteiger partial charge on any atom is 0.271 e. The molecule has 2 amide bonds. The third-order valence-electron chi connectivity index (χ3n) is 5.56. The van der Waals surface area contributed by atoms with Gasteiger partial charge in [-0.2, -0.15) is 5.10 Å². The summed E-state index contributed by atoms with van der Waals surface area (Å²) in [4.78, 5) is 26.5. The zero-order chi connectivity index (χ0) is 25.0. The minimum Gasteiger partial charge on any atom is -0.484 e. The molecule has 2 atom stereocenters. The number of likely N-dealkylation sites (tertiary alicyclic amines) is 1. The van der Waals surface area contributed by atoms with Crippen molar-refractivity contribution in [2.75, 3.05) is 6.61 Å². The molecule has 34 heavy (non-hydrogen) atoms. The van der Waals surface area contributed by atoms with Crippen molar-refractivity contribution in [3.8, 4) is 5.75 Å². The molecule has 1 heterocycles. The summed E-state index contributed by atoms with van der Waals surface area (Å²) in [6.07, 6.45) is 3.27. The molecule has 1 fully saturated rings. The number of ether oxygens (including phenoxy) is 1. The smallest absolute Gasteiger partial charge is 0.271 e. The van der Waals surface area contributed by atoms with Crippen LogP contribution in [0.25, 0.3) is 0 Å². The summed E-state index contributed by atoms with van der Waals surface area (Å²) in [5.41, 5.74) is 0.721. The van der Waals surface area contributed by atoms with E-state index in [9.17, 15) is 31.5 Å². The van der Waals surface area contributed by atoms with Crippen molar-refractivity contribution in [3.05, 3.63) is 64.5 Å². The first-order chi connectivity index (χ1) is 16.1. The van der Waals surface area contributed by atoms with Crippen molar-refractivity contribution in [2.24, 2.45) is 5.10 Å². The molecule has 2 aromatic carbocycles. The fourth-order valence-electron chi connectivity index (χ4n) is 3.79. The van der Waals surface area contributed by atoms with Crippen LogP contribution in [0.4, 0.5) is 22.0 Å². The van der Waals surface area contributed by atoms with Gasteiger partial charge in [-0.1, -0.05) is 0 Å². The van der Waals surface area contributed by atoms with E-state index in [2.05, 4.69) is 5.10 Å². The van der Waals surface area contributed by atoms with E-state index in [1.54, 1.807) is 0 Å². The zero-order valence-electron chi connectivity index (χ0n) is 18.4. The van der Waals surface area contributed by atoms with Crippen LogP contribution in [0.2, 0.25) is 0 Å². The maximum atomic E-state index is 13.6. The Balaban J connectivity index is 1.58. The van der Waals surface area contributed by atoms with Crippen molar-refractivity contribution < 1.29 is 36.3 Å². The van der Waals surface area contributed by atoms with Gasteiger partial charge in [0.25, 0.3) is 11.8 Å². The highest BCUT2D eigenvalue weighted by Gasteiger charge is 2.29. The second-order valence-corrected chi connectivity index (χ2v) is 7.93. The SMILES string of the molecule is CC1CCCC(C)N1C(=O)COc1ccc(C(=O)N/N=C/c2c(F)c(F)c(F)c(F)c2F)cc1. The van der Waals surface area contributed by atoms with E-state index in [0.29, 0.717) is 12.0 Å². The Bertz CT molecular complexity index is 1070. The topological polar surface area (TPSA) is 71.0 Å². The van der Waals surface area contributed by atoms with Gasteiger partial charge in [-0.05, 0) is 57.4 Å². The number of nitrogens with zero attached hydrogens (tertiary/aromatic N) is 2. The number of hydrogen-bond donors (Lipinski definition) is 1. The minimum absolute atomic E-state index is 0.0755. The van der Waals surface area contributed by atoms with Gasteiger partial charge in [0.2, 0.25) is 5.82 Å². The Morgan fingerprint density at radius 1 is 0.971 bits per heavy atom. The van der Waals surface area contributed by atoms with Crippen molar-refractivity contribution >= 4 is 18.0 Å². The molecular weight excluding hydrogens is 461 g/mol. The molecule has 0 saturated carbocycles. The number of benzene rings is 2. The van der Waals surface area contributed by atoms with Crippen molar-refractivity contribution in [1.29, 1.82) is 0 Å². The molecule has 1 aliphatic rings. The van der Waals surface area contributed by atoms with Crippen LogP contribution in [0.15, 0.2) is 29.4 Å². The molecule has 11 heteroatoms. The van der Waals surface area contributed by atoms with Crippen LogP contribution in [-0.4, -0.2) is 41.6 Å². The van der Waals surface area contributed by atoms with Gasteiger partial charge in [-0.15, -0.1) is 0 Å². The Morgan fingerprint density at radius 2 is 1.50 bits per heavy atom. The molecule has 0 bridgehead atoms. The predicted molar refractivity (Wildman–Crippen MR) is 113 cm³/mol. The summed E-state index contributed by atoms with van der Waals surface area (Å²) in [5, 5.41) is 3.26. The van der Waals surface area contributed by atoms with Gasteiger partial charge in [-0.3, -0.25) is 9.59 Å². The monoisotopic (exact) mass is 483 g/mol. The molecule has 0 aromatic heterocycles. The molecule has 1 aliphatic heterocycles. The Labute approximate surface area is 192 Å². The predicted octanol–water partition coefficient (Wildman–Crippen LogP) is 4.31. The van der Waals surface area contributed by atoms with Crippen LogP contribution in [-0.2, 0) is 4.79 Å². The van der Waals surface area contributed by atoms with E-state index in [0.717, 1.165) is 19.3 Å². The fraction of sp³-hybridized carbons (Fsp3) is 0.348. The average Bonchev–Trinajstić information content (AvgIpc) is 2.82. The van der Waals surface area contributed by atoms with Crippen LogP contribution in [0, 0.1) is 29.1 Å². The van der Waals surface area contributed by atoms with Gasteiger partial charge < -0.3 is 9.64 Å². The van der Waals surface area contributed by atoms with Gasteiger partial charge in [0.15, 0.2) is 29.9 Å². The zero-order valence-corrected chi connectivity index (χ0v) is 18.4. The van der Waals surface area contributed by atoms with E-state index in [1.807, 2.05) is 24.2 Å². The third kappa shape index (κ3) is 5.35. The number of piperidine rings is 1. The summed E-state index contributed by atoms with van der Waals surface area (Å²) in [6, 6.07) is 5.87. The highest BCUT2D eigenvalue weighted by molar-refractivity contribution is 5.95. The molecule has 0 radical (unpaired) electrons. The quantitative estimate of drug-likeness (QED) is 0.219. The minimum atomic E-state index is -2.29. The number of halogens is 5. The standard InChI is InChI=1S/C23H22F5N3O3/c1-12-4-3-5-13(2)31(12)17(32)11-34-15-8-6-14(7-9-15)23(33)30-29-10-16-18(24)20(26)22(28)21(27)19(16)25/h6-10,12-13H,3-5,11H2,1-2H3,(H,30,33)/b29-10+. The maximum absolute atomic E-state index is 13.6. The van der Waals surface area contributed by atoms with Gasteiger partial charge in [0, 0.05) is 17.6 Å².